The van der Waals surface area contributed by atoms with Crippen molar-refractivity contribution in [2.24, 2.45) is 5.92 Å². The van der Waals surface area contributed by atoms with Crippen LogP contribution in [0.2, 0.25) is 0 Å². The van der Waals surface area contributed by atoms with E-state index in [1.165, 1.54) is 25.7 Å². The van der Waals surface area contributed by atoms with Crippen molar-refractivity contribution < 1.29 is 4.92 Å². The van der Waals surface area contributed by atoms with E-state index in [-0.39, 0.29) is 10.6 Å². The van der Waals surface area contributed by atoms with Gasteiger partial charge in [0.2, 0.25) is 0 Å². The van der Waals surface area contributed by atoms with Gasteiger partial charge in [0.05, 0.1) is 4.92 Å². The third-order valence-electron chi connectivity index (χ3n) is 4.13. The third-order valence-corrected chi connectivity index (χ3v) is 4.13. The summed E-state index contributed by atoms with van der Waals surface area (Å²) in [6.07, 6.45) is 5.05. The van der Waals surface area contributed by atoms with Crippen LogP contribution >= 0.6 is 0 Å². The highest BCUT2D eigenvalue weighted by Crippen LogP contribution is 2.25. The van der Waals surface area contributed by atoms with E-state index in [4.69, 9.17) is 0 Å². The van der Waals surface area contributed by atoms with Crippen LogP contribution in [0.25, 0.3) is 0 Å². The predicted octanol–water partition coefficient (Wildman–Crippen LogP) is 3.57. The Bertz CT molecular complexity index is 459. The molecule has 0 bridgehead atoms. The van der Waals surface area contributed by atoms with Gasteiger partial charge in [-0.3, -0.25) is 10.1 Å². The van der Waals surface area contributed by atoms with E-state index >= 15 is 0 Å². The van der Waals surface area contributed by atoms with Crippen molar-refractivity contribution in [3.8, 4) is 0 Å². The highest BCUT2D eigenvalue weighted by atomic mass is 16.6. The van der Waals surface area contributed by atoms with Gasteiger partial charge in [-0.25, -0.2) is 0 Å². The Morgan fingerprint density at radius 1 is 1.42 bits per heavy atom. The average molecular weight is 262 g/mol. The van der Waals surface area contributed by atoms with Crippen LogP contribution in [0.15, 0.2) is 18.2 Å². The second kappa shape index (κ2) is 6.15. The molecule has 0 heterocycles. The standard InChI is InChI=1S/C15H22N2O2/c1-11-5-3-7-14(9-11)16-10-13-6-4-8-15(12(13)2)17(18)19/h4,6,8,11,14,16H,3,5,7,9-10H2,1-2H3. The largest absolute Gasteiger partial charge is 0.310 e. The van der Waals surface area contributed by atoms with Crippen molar-refractivity contribution in [1.29, 1.82) is 0 Å². The van der Waals surface area contributed by atoms with Crippen LogP contribution in [-0.4, -0.2) is 11.0 Å². The lowest BCUT2D eigenvalue weighted by atomic mass is 9.87. The van der Waals surface area contributed by atoms with Gasteiger partial charge in [0.1, 0.15) is 0 Å². The molecular formula is C15H22N2O2. The van der Waals surface area contributed by atoms with Crippen molar-refractivity contribution in [3.05, 3.63) is 39.4 Å². The van der Waals surface area contributed by atoms with Crippen LogP contribution in [0.1, 0.15) is 43.7 Å². The van der Waals surface area contributed by atoms with Gasteiger partial charge in [0.25, 0.3) is 5.69 Å². The fraction of sp³-hybridized carbons (Fsp3) is 0.600. The first-order valence-corrected chi connectivity index (χ1v) is 7.04. The van der Waals surface area contributed by atoms with Crippen molar-refractivity contribution in [3.63, 3.8) is 0 Å². The highest BCUT2D eigenvalue weighted by molar-refractivity contribution is 5.44. The second-order valence-electron chi connectivity index (χ2n) is 5.67. The SMILES string of the molecule is Cc1c(CNC2CCCC(C)C2)cccc1[N+](=O)[O-]. The van der Waals surface area contributed by atoms with Crippen molar-refractivity contribution >= 4 is 5.69 Å². The Balaban J connectivity index is 1.99. The minimum Gasteiger partial charge on any atom is -0.310 e. The first-order valence-electron chi connectivity index (χ1n) is 7.04. The molecule has 2 unspecified atom stereocenters. The first kappa shape index (κ1) is 14.0. The van der Waals surface area contributed by atoms with Crippen LogP contribution in [0, 0.1) is 23.0 Å². The molecule has 2 rings (SSSR count). The summed E-state index contributed by atoms with van der Waals surface area (Å²) in [5, 5.41) is 14.5. The molecule has 4 nitrogen and oxygen atoms in total. The molecule has 0 radical (unpaired) electrons. The molecule has 4 heteroatoms. The van der Waals surface area contributed by atoms with Gasteiger partial charge >= 0.3 is 0 Å². The van der Waals surface area contributed by atoms with Crippen LogP contribution in [0.4, 0.5) is 5.69 Å². The number of hydrogen-bond donors (Lipinski definition) is 1. The van der Waals surface area contributed by atoms with Gasteiger partial charge in [0, 0.05) is 24.2 Å². The Morgan fingerprint density at radius 3 is 2.89 bits per heavy atom. The minimum atomic E-state index is -0.304. The van der Waals surface area contributed by atoms with Gasteiger partial charge in [-0.05, 0) is 31.2 Å². The molecule has 0 aromatic heterocycles. The van der Waals surface area contributed by atoms with E-state index in [1.54, 1.807) is 12.1 Å². The summed E-state index contributed by atoms with van der Waals surface area (Å²) >= 11 is 0. The lowest BCUT2D eigenvalue weighted by Gasteiger charge is -2.27. The molecular weight excluding hydrogens is 240 g/mol. The van der Waals surface area contributed by atoms with Gasteiger partial charge in [-0.2, -0.15) is 0 Å². The molecule has 1 N–H and O–H groups in total. The summed E-state index contributed by atoms with van der Waals surface area (Å²) < 4.78 is 0. The second-order valence-corrected chi connectivity index (χ2v) is 5.67. The molecule has 2 atom stereocenters. The monoisotopic (exact) mass is 262 g/mol. The quantitative estimate of drug-likeness (QED) is 0.666. The lowest BCUT2D eigenvalue weighted by Crippen LogP contribution is -2.33. The topological polar surface area (TPSA) is 55.2 Å². The lowest BCUT2D eigenvalue weighted by molar-refractivity contribution is -0.385. The summed E-state index contributed by atoms with van der Waals surface area (Å²) in [5.41, 5.74) is 2.03. The van der Waals surface area contributed by atoms with E-state index < -0.39 is 0 Å². The third kappa shape index (κ3) is 3.53. The van der Waals surface area contributed by atoms with Crippen LogP contribution < -0.4 is 5.32 Å². The van der Waals surface area contributed by atoms with E-state index in [2.05, 4.69) is 12.2 Å². The smallest absolute Gasteiger partial charge is 0.272 e. The predicted molar refractivity (Wildman–Crippen MR) is 76.1 cm³/mol. The summed E-state index contributed by atoms with van der Waals surface area (Å²) in [7, 11) is 0. The number of hydrogen-bond acceptors (Lipinski definition) is 3. The summed E-state index contributed by atoms with van der Waals surface area (Å²) in [4.78, 5) is 10.6. The number of nitro benzene ring substituents is 1. The first-order chi connectivity index (χ1) is 9.08. The molecule has 1 aromatic carbocycles. The molecule has 1 fully saturated rings. The Labute approximate surface area is 114 Å². The van der Waals surface area contributed by atoms with Crippen molar-refractivity contribution in [2.75, 3.05) is 0 Å². The van der Waals surface area contributed by atoms with Crippen LogP contribution in [0.3, 0.4) is 0 Å². The van der Waals surface area contributed by atoms with Gasteiger partial charge in [-0.15, -0.1) is 0 Å². The summed E-state index contributed by atoms with van der Waals surface area (Å²) in [6, 6.07) is 5.87. The normalized spacial score (nSPS) is 23.3. The maximum atomic E-state index is 10.9. The molecule has 1 aliphatic carbocycles. The number of nitro groups is 1. The number of rotatable bonds is 4. The zero-order chi connectivity index (χ0) is 13.8. The van der Waals surface area contributed by atoms with Gasteiger partial charge in [0.15, 0.2) is 0 Å². The van der Waals surface area contributed by atoms with E-state index in [0.29, 0.717) is 6.04 Å². The number of benzene rings is 1. The minimum absolute atomic E-state index is 0.219. The number of nitrogens with zero attached hydrogens (tertiary/aromatic N) is 1. The number of nitrogens with one attached hydrogen (secondary N) is 1. The fourth-order valence-electron chi connectivity index (χ4n) is 2.93. The molecule has 19 heavy (non-hydrogen) atoms. The Hall–Kier alpha value is -1.42. The Kier molecular flexibility index (Phi) is 4.53. The molecule has 0 saturated heterocycles. The van der Waals surface area contributed by atoms with Crippen LogP contribution in [-0.2, 0) is 6.54 Å². The summed E-state index contributed by atoms with van der Waals surface area (Å²) in [5.74, 6) is 0.789. The van der Waals surface area contributed by atoms with Gasteiger partial charge in [-0.1, -0.05) is 31.9 Å². The maximum Gasteiger partial charge on any atom is 0.272 e. The van der Waals surface area contributed by atoms with Crippen molar-refractivity contribution in [1.82, 2.24) is 5.32 Å². The van der Waals surface area contributed by atoms with Crippen LogP contribution in [0.5, 0.6) is 0 Å². The molecule has 1 saturated carbocycles. The molecule has 0 spiro atoms. The highest BCUT2D eigenvalue weighted by Gasteiger charge is 2.19. The molecule has 0 amide bonds. The van der Waals surface area contributed by atoms with E-state index in [0.717, 1.165) is 23.6 Å². The van der Waals surface area contributed by atoms with E-state index in [1.807, 2.05) is 13.0 Å². The van der Waals surface area contributed by atoms with Crippen molar-refractivity contribution in [2.45, 2.75) is 52.1 Å². The fourth-order valence-corrected chi connectivity index (χ4v) is 2.93. The molecule has 1 aromatic rings. The molecule has 0 aliphatic heterocycles. The van der Waals surface area contributed by atoms with E-state index in [9.17, 15) is 10.1 Å². The average Bonchev–Trinajstić information content (AvgIpc) is 2.37. The zero-order valence-electron chi connectivity index (χ0n) is 11.7. The zero-order valence-corrected chi connectivity index (χ0v) is 11.7. The molecule has 104 valence electrons. The Morgan fingerprint density at radius 2 is 2.21 bits per heavy atom. The van der Waals surface area contributed by atoms with Gasteiger partial charge < -0.3 is 5.32 Å². The maximum absolute atomic E-state index is 10.9. The molecule has 1 aliphatic rings. The summed E-state index contributed by atoms with van der Waals surface area (Å²) in [6.45, 7) is 4.86.